The largest absolute Gasteiger partial charge is 0.316 e. The molecule has 0 amide bonds. The van der Waals surface area contributed by atoms with Gasteiger partial charge in [-0.15, -0.1) is 0 Å². The zero-order valence-corrected chi connectivity index (χ0v) is 12.0. The first kappa shape index (κ1) is 13.1. The third-order valence-corrected chi connectivity index (χ3v) is 6.13. The summed E-state index contributed by atoms with van der Waals surface area (Å²) in [6.07, 6.45) is 0.860. The Hall–Kier alpha value is -0.910. The zero-order valence-electron chi connectivity index (χ0n) is 11.2. The van der Waals surface area contributed by atoms with Crippen molar-refractivity contribution < 1.29 is 8.42 Å². The maximum Gasteiger partial charge on any atom is 0.243 e. The molecule has 5 heteroatoms. The quantitative estimate of drug-likeness (QED) is 0.901. The molecule has 2 heterocycles. The lowest BCUT2D eigenvalue weighted by molar-refractivity contribution is 0.448. The fourth-order valence-corrected chi connectivity index (χ4v) is 4.71. The predicted octanol–water partition coefficient (Wildman–Crippen LogP) is 1.09. The van der Waals surface area contributed by atoms with E-state index in [0.717, 1.165) is 25.1 Å². The standard InChI is InChI=1S/C14H20N2O2S/c1-2-11-4-3-5-14(6-11)19(17,18)16-9-12-7-15-8-13(12)10-16/h3-6,12-13,15H,2,7-10H2,1H3/t12-,13+. The van der Waals surface area contributed by atoms with Crippen LogP contribution in [-0.4, -0.2) is 38.9 Å². The molecule has 1 aromatic carbocycles. The molecular weight excluding hydrogens is 260 g/mol. The number of rotatable bonds is 3. The van der Waals surface area contributed by atoms with Crippen molar-refractivity contribution in [1.82, 2.24) is 9.62 Å². The summed E-state index contributed by atoms with van der Waals surface area (Å²) in [5, 5.41) is 3.33. The summed E-state index contributed by atoms with van der Waals surface area (Å²) < 4.78 is 26.9. The average molecular weight is 280 g/mol. The average Bonchev–Trinajstić information content (AvgIpc) is 2.99. The fourth-order valence-electron chi connectivity index (χ4n) is 3.08. The Kier molecular flexibility index (Phi) is 3.37. The van der Waals surface area contributed by atoms with Crippen LogP contribution in [0.4, 0.5) is 0 Å². The Morgan fingerprint density at radius 3 is 2.58 bits per heavy atom. The lowest BCUT2D eigenvalue weighted by Crippen LogP contribution is -2.32. The monoisotopic (exact) mass is 280 g/mol. The van der Waals surface area contributed by atoms with Crippen LogP contribution in [0.5, 0.6) is 0 Å². The molecule has 1 N–H and O–H groups in total. The molecule has 2 aliphatic heterocycles. The minimum atomic E-state index is -3.31. The SMILES string of the molecule is CCc1cccc(S(=O)(=O)N2C[C@H]3CNC[C@H]3C2)c1. The highest BCUT2D eigenvalue weighted by Crippen LogP contribution is 2.30. The third-order valence-electron chi connectivity index (χ3n) is 4.30. The molecule has 3 rings (SSSR count). The molecule has 0 bridgehead atoms. The molecule has 19 heavy (non-hydrogen) atoms. The van der Waals surface area contributed by atoms with Crippen LogP contribution < -0.4 is 5.32 Å². The Morgan fingerprint density at radius 2 is 1.95 bits per heavy atom. The highest BCUT2D eigenvalue weighted by atomic mass is 32.2. The molecule has 4 nitrogen and oxygen atoms in total. The topological polar surface area (TPSA) is 49.4 Å². The van der Waals surface area contributed by atoms with Gasteiger partial charge in [0.1, 0.15) is 0 Å². The second-order valence-corrected chi connectivity index (χ2v) is 7.44. The van der Waals surface area contributed by atoms with Crippen molar-refractivity contribution in [2.24, 2.45) is 11.8 Å². The first-order chi connectivity index (χ1) is 9.11. The minimum Gasteiger partial charge on any atom is -0.316 e. The van der Waals surface area contributed by atoms with Gasteiger partial charge in [-0.2, -0.15) is 4.31 Å². The molecular formula is C14H20N2O2S. The van der Waals surface area contributed by atoms with E-state index >= 15 is 0 Å². The summed E-state index contributed by atoms with van der Waals surface area (Å²) in [6, 6.07) is 7.33. The van der Waals surface area contributed by atoms with Crippen LogP contribution in [-0.2, 0) is 16.4 Å². The van der Waals surface area contributed by atoms with Gasteiger partial charge in [-0.05, 0) is 49.0 Å². The van der Waals surface area contributed by atoms with Gasteiger partial charge in [0.25, 0.3) is 0 Å². The maximum atomic E-state index is 12.6. The molecule has 2 saturated heterocycles. The molecule has 2 aliphatic rings. The van der Waals surface area contributed by atoms with Gasteiger partial charge in [0.2, 0.25) is 10.0 Å². The van der Waals surface area contributed by atoms with E-state index < -0.39 is 10.0 Å². The van der Waals surface area contributed by atoms with Crippen molar-refractivity contribution in [2.45, 2.75) is 18.2 Å². The number of benzene rings is 1. The molecule has 0 unspecified atom stereocenters. The van der Waals surface area contributed by atoms with E-state index in [1.54, 1.807) is 10.4 Å². The van der Waals surface area contributed by atoms with E-state index in [4.69, 9.17) is 0 Å². The lowest BCUT2D eigenvalue weighted by Gasteiger charge is -2.17. The zero-order chi connectivity index (χ0) is 13.5. The van der Waals surface area contributed by atoms with Gasteiger partial charge in [0, 0.05) is 13.1 Å². The molecule has 2 atom stereocenters. The van der Waals surface area contributed by atoms with Crippen molar-refractivity contribution in [2.75, 3.05) is 26.2 Å². The normalized spacial score (nSPS) is 27.6. The number of fused-ring (bicyclic) bond motifs is 1. The summed E-state index contributed by atoms with van der Waals surface area (Å²) >= 11 is 0. The molecule has 104 valence electrons. The highest BCUT2D eigenvalue weighted by Gasteiger charge is 2.41. The number of hydrogen-bond acceptors (Lipinski definition) is 3. The molecule has 0 radical (unpaired) electrons. The number of sulfonamides is 1. The van der Waals surface area contributed by atoms with Gasteiger partial charge < -0.3 is 5.32 Å². The van der Waals surface area contributed by atoms with E-state index in [1.807, 2.05) is 25.1 Å². The van der Waals surface area contributed by atoms with Crippen molar-refractivity contribution in [3.05, 3.63) is 29.8 Å². The summed E-state index contributed by atoms with van der Waals surface area (Å²) in [7, 11) is -3.31. The smallest absolute Gasteiger partial charge is 0.243 e. The number of hydrogen-bond donors (Lipinski definition) is 1. The van der Waals surface area contributed by atoms with Crippen LogP contribution in [0.1, 0.15) is 12.5 Å². The Morgan fingerprint density at radius 1 is 1.26 bits per heavy atom. The first-order valence-corrected chi connectivity index (χ1v) is 8.35. The molecule has 0 aromatic heterocycles. The van der Waals surface area contributed by atoms with E-state index in [-0.39, 0.29) is 0 Å². The van der Waals surface area contributed by atoms with Crippen molar-refractivity contribution in [3.63, 3.8) is 0 Å². The Balaban J connectivity index is 1.86. The number of nitrogens with one attached hydrogen (secondary N) is 1. The second kappa shape index (κ2) is 4.89. The Labute approximate surface area is 114 Å². The van der Waals surface area contributed by atoms with Crippen molar-refractivity contribution >= 4 is 10.0 Å². The van der Waals surface area contributed by atoms with Crippen molar-refractivity contribution in [3.8, 4) is 0 Å². The van der Waals surface area contributed by atoms with Gasteiger partial charge in [0.05, 0.1) is 4.90 Å². The van der Waals surface area contributed by atoms with Crippen LogP contribution in [0.3, 0.4) is 0 Å². The van der Waals surface area contributed by atoms with E-state index in [0.29, 0.717) is 29.8 Å². The van der Waals surface area contributed by atoms with Crippen LogP contribution in [0.2, 0.25) is 0 Å². The van der Waals surface area contributed by atoms with E-state index in [9.17, 15) is 8.42 Å². The fraction of sp³-hybridized carbons (Fsp3) is 0.571. The van der Waals surface area contributed by atoms with Gasteiger partial charge in [-0.1, -0.05) is 19.1 Å². The summed E-state index contributed by atoms with van der Waals surface area (Å²) in [5.74, 6) is 0.980. The lowest BCUT2D eigenvalue weighted by atomic mass is 10.0. The summed E-state index contributed by atoms with van der Waals surface area (Å²) in [6.45, 7) is 5.27. The van der Waals surface area contributed by atoms with Gasteiger partial charge in [-0.25, -0.2) is 8.42 Å². The van der Waals surface area contributed by atoms with Crippen LogP contribution in [0, 0.1) is 11.8 Å². The van der Waals surface area contributed by atoms with Crippen LogP contribution in [0.15, 0.2) is 29.2 Å². The van der Waals surface area contributed by atoms with E-state index in [2.05, 4.69) is 5.32 Å². The molecule has 1 aromatic rings. The number of aryl methyl sites for hydroxylation is 1. The second-order valence-electron chi connectivity index (χ2n) is 5.50. The molecule has 0 aliphatic carbocycles. The van der Waals surface area contributed by atoms with Crippen LogP contribution >= 0.6 is 0 Å². The van der Waals surface area contributed by atoms with Crippen LogP contribution in [0.25, 0.3) is 0 Å². The molecule has 0 spiro atoms. The van der Waals surface area contributed by atoms with E-state index in [1.165, 1.54) is 0 Å². The van der Waals surface area contributed by atoms with Gasteiger partial charge in [-0.3, -0.25) is 0 Å². The summed E-state index contributed by atoms with van der Waals surface area (Å²) in [4.78, 5) is 0.444. The Bertz CT molecular complexity index is 559. The predicted molar refractivity (Wildman–Crippen MR) is 74.4 cm³/mol. The van der Waals surface area contributed by atoms with Gasteiger partial charge in [0.15, 0.2) is 0 Å². The summed E-state index contributed by atoms with van der Waals surface area (Å²) in [5.41, 5.74) is 1.07. The third kappa shape index (κ3) is 2.30. The van der Waals surface area contributed by atoms with Crippen molar-refractivity contribution in [1.29, 1.82) is 0 Å². The number of nitrogens with zero attached hydrogens (tertiary/aromatic N) is 1. The van der Waals surface area contributed by atoms with Gasteiger partial charge >= 0.3 is 0 Å². The molecule has 0 saturated carbocycles. The molecule has 2 fully saturated rings. The maximum absolute atomic E-state index is 12.6. The highest BCUT2D eigenvalue weighted by molar-refractivity contribution is 7.89. The minimum absolute atomic E-state index is 0.444. The first-order valence-electron chi connectivity index (χ1n) is 6.91.